The van der Waals surface area contributed by atoms with E-state index in [-0.39, 0.29) is 5.91 Å². The van der Waals surface area contributed by atoms with Crippen molar-refractivity contribution in [2.75, 3.05) is 0 Å². The molecule has 0 saturated heterocycles. The topological polar surface area (TPSA) is 42.2 Å². The first kappa shape index (κ1) is 12.4. The quantitative estimate of drug-likeness (QED) is 0.939. The average molecular weight is 314 g/mol. The van der Waals surface area contributed by atoms with E-state index in [1.54, 1.807) is 24.3 Å². The van der Waals surface area contributed by atoms with Crippen LogP contribution in [0.25, 0.3) is 0 Å². The molecule has 0 aromatic carbocycles. The van der Waals surface area contributed by atoms with Crippen LogP contribution < -0.4 is 5.32 Å². The summed E-state index contributed by atoms with van der Waals surface area (Å²) in [6.45, 7) is 4.16. The second-order valence-corrected chi connectivity index (χ2v) is 5.56. The van der Waals surface area contributed by atoms with Crippen LogP contribution in [0.15, 0.2) is 26.4 Å². The molecule has 0 radical (unpaired) electrons. The van der Waals surface area contributed by atoms with E-state index < -0.39 is 0 Å². The molecular weight excluding hydrogens is 302 g/mol. The van der Waals surface area contributed by atoms with Gasteiger partial charge in [-0.3, -0.25) is 4.79 Å². The van der Waals surface area contributed by atoms with Crippen molar-refractivity contribution < 1.29 is 9.21 Å². The lowest BCUT2D eigenvalue weighted by Gasteiger charge is -2.02. The Morgan fingerprint density at radius 2 is 2.29 bits per heavy atom. The van der Waals surface area contributed by atoms with Gasteiger partial charge < -0.3 is 9.73 Å². The highest BCUT2D eigenvalue weighted by atomic mass is 79.9. The molecule has 3 nitrogen and oxygen atoms in total. The Labute approximate surface area is 112 Å². The van der Waals surface area contributed by atoms with Crippen molar-refractivity contribution in [3.05, 3.63) is 43.9 Å². The van der Waals surface area contributed by atoms with Gasteiger partial charge in [0.15, 0.2) is 0 Å². The van der Waals surface area contributed by atoms with Gasteiger partial charge in [0, 0.05) is 9.35 Å². The predicted octanol–water partition coefficient (Wildman–Crippen LogP) is 3.65. The molecule has 0 aliphatic heterocycles. The first-order chi connectivity index (χ1) is 8.08. The third kappa shape index (κ3) is 2.79. The van der Waals surface area contributed by atoms with Crippen LogP contribution in [-0.4, -0.2) is 5.91 Å². The molecule has 1 amide bonds. The number of amides is 1. The summed E-state index contributed by atoms with van der Waals surface area (Å²) in [6.07, 6.45) is 0. The number of thiophene rings is 1. The lowest BCUT2D eigenvalue weighted by Crippen LogP contribution is -2.22. The monoisotopic (exact) mass is 313 g/mol. The molecule has 0 aliphatic carbocycles. The van der Waals surface area contributed by atoms with Crippen molar-refractivity contribution in [1.82, 2.24) is 5.32 Å². The van der Waals surface area contributed by atoms with Crippen LogP contribution >= 0.6 is 27.3 Å². The van der Waals surface area contributed by atoms with Crippen LogP contribution in [0.2, 0.25) is 0 Å². The highest BCUT2D eigenvalue weighted by Gasteiger charge is 2.13. The summed E-state index contributed by atoms with van der Waals surface area (Å²) in [7, 11) is 0. The maximum Gasteiger partial charge on any atom is 0.255 e. The minimum absolute atomic E-state index is 0.0975. The van der Waals surface area contributed by atoms with Gasteiger partial charge in [-0.05, 0) is 47.3 Å². The zero-order valence-corrected chi connectivity index (χ0v) is 11.9. The van der Waals surface area contributed by atoms with Crippen molar-refractivity contribution in [2.24, 2.45) is 0 Å². The predicted molar refractivity (Wildman–Crippen MR) is 71.4 cm³/mol. The molecule has 0 spiro atoms. The number of nitrogens with one attached hydrogen (secondary N) is 1. The van der Waals surface area contributed by atoms with Gasteiger partial charge in [0.05, 0.1) is 12.1 Å². The first-order valence-electron chi connectivity index (χ1n) is 5.15. The summed E-state index contributed by atoms with van der Waals surface area (Å²) in [4.78, 5) is 13.0. The van der Waals surface area contributed by atoms with Crippen molar-refractivity contribution in [3.63, 3.8) is 0 Å². The highest BCUT2D eigenvalue weighted by Crippen LogP contribution is 2.22. The van der Waals surface area contributed by atoms with Gasteiger partial charge in [-0.1, -0.05) is 0 Å². The van der Waals surface area contributed by atoms with Gasteiger partial charge in [0.25, 0.3) is 5.91 Å². The minimum Gasteiger partial charge on any atom is -0.466 e. The molecule has 2 aromatic heterocycles. The van der Waals surface area contributed by atoms with Crippen LogP contribution in [0, 0.1) is 13.8 Å². The smallest absolute Gasteiger partial charge is 0.255 e. The summed E-state index contributed by atoms with van der Waals surface area (Å²) in [5.41, 5.74) is 0.607. The van der Waals surface area contributed by atoms with Gasteiger partial charge in [-0.2, -0.15) is 0 Å². The summed E-state index contributed by atoms with van der Waals surface area (Å²) in [6, 6.07) is 3.73. The first-order valence-corrected chi connectivity index (χ1v) is 6.82. The van der Waals surface area contributed by atoms with Crippen LogP contribution in [0.5, 0.6) is 0 Å². The lowest BCUT2D eigenvalue weighted by molar-refractivity contribution is 0.0949. The van der Waals surface area contributed by atoms with Crippen LogP contribution in [0.1, 0.15) is 26.8 Å². The number of hydrogen-bond acceptors (Lipinski definition) is 3. The van der Waals surface area contributed by atoms with E-state index in [1.165, 1.54) is 0 Å². The van der Waals surface area contributed by atoms with E-state index >= 15 is 0 Å². The van der Waals surface area contributed by atoms with E-state index in [9.17, 15) is 4.79 Å². The molecule has 90 valence electrons. The molecule has 0 bridgehead atoms. The normalized spacial score (nSPS) is 10.5. The molecule has 2 rings (SSSR count). The Morgan fingerprint density at radius 3 is 2.82 bits per heavy atom. The average Bonchev–Trinajstić information content (AvgIpc) is 2.81. The Balaban J connectivity index is 2.03. The third-order valence-electron chi connectivity index (χ3n) is 2.39. The lowest BCUT2D eigenvalue weighted by atomic mass is 10.2. The number of hydrogen-bond donors (Lipinski definition) is 1. The van der Waals surface area contributed by atoms with E-state index in [4.69, 9.17) is 4.42 Å². The number of halogens is 1. The van der Waals surface area contributed by atoms with E-state index in [1.807, 2.05) is 18.4 Å². The fraction of sp³-hybridized carbons (Fsp3) is 0.250. The molecule has 0 unspecified atom stereocenters. The molecule has 0 saturated carbocycles. The largest absolute Gasteiger partial charge is 0.466 e. The zero-order valence-electron chi connectivity index (χ0n) is 9.54. The summed E-state index contributed by atoms with van der Waals surface area (Å²) < 4.78 is 6.36. The maximum absolute atomic E-state index is 11.9. The van der Waals surface area contributed by atoms with Gasteiger partial charge >= 0.3 is 0 Å². The molecule has 1 N–H and O–H groups in total. The van der Waals surface area contributed by atoms with Gasteiger partial charge in [0.2, 0.25) is 0 Å². The SMILES string of the molecule is Cc1cc(C(=O)NCc2sccc2Br)c(C)o1. The molecule has 2 aromatic rings. The number of rotatable bonds is 3. The van der Waals surface area contributed by atoms with Gasteiger partial charge in [-0.25, -0.2) is 0 Å². The summed E-state index contributed by atoms with van der Waals surface area (Å²) >= 11 is 5.04. The Morgan fingerprint density at radius 1 is 1.53 bits per heavy atom. The van der Waals surface area contributed by atoms with Gasteiger partial charge in [-0.15, -0.1) is 11.3 Å². The minimum atomic E-state index is -0.0975. The standard InChI is InChI=1S/C12H12BrNO2S/c1-7-5-9(8(2)16-7)12(15)14-6-11-10(13)3-4-17-11/h3-5H,6H2,1-2H3,(H,14,15). The Kier molecular flexibility index (Phi) is 3.69. The molecule has 2 heterocycles. The Bertz CT molecular complexity index is 544. The summed E-state index contributed by atoms with van der Waals surface area (Å²) in [5, 5.41) is 4.86. The summed E-state index contributed by atoms with van der Waals surface area (Å²) in [5.74, 6) is 1.31. The van der Waals surface area contributed by atoms with Crippen LogP contribution in [0.4, 0.5) is 0 Å². The number of carbonyl (C=O) groups is 1. The van der Waals surface area contributed by atoms with E-state index in [2.05, 4.69) is 21.2 Å². The van der Waals surface area contributed by atoms with Crippen molar-refractivity contribution in [1.29, 1.82) is 0 Å². The van der Waals surface area contributed by atoms with E-state index in [0.717, 1.165) is 15.1 Å². The second kappa shape index (κ2) is 5.06. The molecular formula is C12H12BrNO2S. The van der Waals surface area contributed by atoms with Crippen LogP contribution in [-0.2, 0) is 6.54 Å². The van der Waals surface area contributed by atoms with Crippen molar-refractivity contribution in [2.45, 2.75) is 20.4 Å². The fourth-order valence-electron chi connectivity index (χ4n) is 1.56. The second-order valence-electron chi connectivity index (χ2n) is 3.70. The highest BCUT2D eigenvalue weighted by molar-refractivity contribution is 9.10. The molecule has 0 aliphatic rings. The molecule has 17 heavy (non-hydrogen) atoms. The Hall–Kier alpha value is -1.07. The van der Waals surface area contributed by atoms with Crippen molar-refractivity contribution in [3.8, 4) is 0 Å². The number of carbonyl (C=O) groups excluding carboxylic acids is 1. The zero-order chi connectivity index (χ0) is 12.4. The van der Waals surface area contributed by atoms with Crippen molar-refractivity contribution >= 4 is 33.2 Å². The molecule has 0 atom stereocenters. The molecule has 0 fully saturated rings. The number of aryl methyl sites for hydroxylation is 2. The van der Waals surface area contributed by atoms with E-state index in [0.29, 0.717) is 17.9 Å². The fourth-order valence-corrected chi connectivity index (χ4v) is 3.00. The number of furan rings is 1. The maximum atomic E-state index is 11.9. The van der Waals surface area contributed by atoms with Gasteiger partial charge in [0.1, 0.15) is 11.5 Å². The molecule has 5 heteroatoms. The third-order valence-corrected chi connectivity index (χ3v) is 4.31. The van der Waals surface area contributed by atoms with Crippen LogP contribution in [0.3, 0.4) is 0 Å².